The molecule has 6 heteroatoms. The Hall–Kier alpha value is -1.30. The van der Waals surface area contributed by atoms with Gasteiger partial charge in [0, 0.05) is 20.6 Å². The van der Waals surface area contributed by atoms with Gasteiger partial charge in [0.1, 0.15) is 10.7 Å². The first kappa shape index (κ1) is 15.1. The summed E-state index contributed by atoms with van der Waals surface area (Å²) in [4.78, 5) is 18.7. The van der Waals surface area contributed by atoms with Gasteiger partial charge < -0.3 is 16.0 Å². The van der Waals surface area contributed by atoms with Gasteiger partial charge in [0.2, 0.25) is 0 Å². The highest BCUT2D eigenvalue weighted by Gasteiger charge is 2.18. The second-order valence-electron chi connectivity index (χ2n) is 5.65. The molecule has 5 nitrogen and oxygen atoms in total. The summed E-state index contributed by atoms with van der Waals surface area (Å²) in [7, 11) is 3.78. The number of aromatic nitrogens is 1. The standard InChI is InChI=1S/C14H24N4OS/c1-18(2)14-17-12(15)11(20-14)13(19)16-9-8-10-6-4-3-5-7-10/h10H,3-9,15H2,1-2H3,(H,16,19). The van der Waals surface area contributed by atoms with E-state index < -0.39 is 0 Å². The average molecular weight is 296 g/mol. The van der Waals surface area contributed by atoms with E-state index in [-0.39, 0.29) is 5.91 Å². The van der Waals surface area contributed by atoms with Crippen LogP contribution in [-0.2, 0) is 0 Å². The summed E-state index contributed by atoms with van der Waals surface area (Å²) in [5, 5.41) is 3.74. The van der Waals surface area contributed by atoms with Gasteiger partial charge in [-0.2, -0.15) is 0 Å². The van der Waals surface area contributed by atoms with E-state index in [4.69, 9.17) is 5.73 Å². The highest BCUT2D eigenvalue weighted by atomic mass is 32.1. The topological polar surface area (TPSA) is 71.2 Å². The van der Waals surface area contributed by atoms with Crippen LogP contribution in [0.25, 0.3) is 0 Å². The number of nitrogens with one attached hydrogen (secondary N) is 1. The minimum atomic E-state index is -0.0936. The molecule has 1 heterocycles. The lowest BCUT2D eigenvalue weighted by molar-refractivity contribution is 0.0955. The highest BCUT2D eigenvalue weighted by Crippen LogP contribution is 2.27. The second-order valence-corrected chi connectivity index (χ2v) is 6.63. The maximum Gasteiger partial charge on any atom is 0.265 e. The van der Waals surface area contributed by atoms with Crippen molar-refractivity contribution >= 4 is 28.2 Å². The maximum atomic E-state index is 12.1. The van der Waals surface area contributed by atoms with Gasteiger partial charge >= 0.3 is 0 Å². The monoisotopic (exact) mass is 296 g/mol. The Labute approximate surface area is 124 Å². The third kappa shape index (κ3) is 3.85. The van der Waals surface area contributed by atoms with Crippen molar-refractivity contribution in [1.82, 2.24) is 10.3 Å². The van der Waals surface area contributed by atoms with Crippen molar-refractivity contribution in [3.8, 4) is 0 Å². The van der Waals surface area contributed by atoms with E-state index in [9.17, 15) is 4.79 Å². The number of carbonyl (C=O) groups is 1. The first-order valence-electron chi connectivity index (χ1n) is 7.29. The van der Waals surface area contributed by atoms with Crippen LogP contribution in [0.4, 0.5) is 10.9 Å². The Bertz CT molecular complexity index is 452. The van der Waals surface area contributed by atoms with Crippen molar-refractivity contribution < 1.29 is 4.79 Å². The van der Waals surface area contributed by atoms with Crippen LogP contribution in [0.1, 0.15) is 48.2 Å². The zero-order valence-electron chi connectivity index (χ0n) is 12.3. The van der Waals surface area contributed by atoms with Gasteiger partial charge in [0.15, 0.2) is 5.13 Å². The molecule has 1 fully saturated rings. The molecule has 2 rings (SSSR count). The van der Waals surface area contributed by atoms with Crippen LogP contribution in [0.15, 0.2) is 0 Å². The molecule has 1 aromatic heterocycles. The molecule has 0 radical (unpaired) electrons. The number of amides is 1. The molecule has 0 aliphatic heterocycles. The van der Waals surface area contributed by atoms with Gasteiger partial charge in [-0.3, -0.25) is 4.79 Å². The highest BCUT2D eigenvalue weighted by molar-refractivity contribution is 7.18. The van der Waals surface area contributed by atoms with Crippen LogP contribution in [0.5, 0.6) is 0 Å². The number of nitrogen functional groups attached to an aromatic ring is 1. The van der Waals surface area contributed by atoms with Gasteiger partial charge in [0.05, 0.1) is 0 Å². The van der Waals surface area contributed by atoms with Gasteiger partial charge in [-0.1, -0.05) is 43.4 Å². The summed E-state index contributed by atoms with van der Waals surface area (Å²) < 4.78 is 0. The maximum absolute atomic E-state index is 12.1. The molecule has 3 N–H and O–H groups in total. The number of thiazole rings is 1. The molecule has 1 saturated carbocycles. The summed E-state index contributed by atoms with van der Waals surface area (Å²) in [6.45, 7) is 0.734. The Kier molecular flexibility index (Phi) is 5.23. The van der Waals surface area contributed by atoms with E-state index in [1.54, 1.807) is 0 Å². The van der Waals surface area contributed by atoms with Gasteiger partial charge in [-0.05, 0) is 12.3 Å². The molecule has 1 aliphatic carbocycles. The van der Waals surface area contributed by atoms with Gasteiger partial charge in [-0.25, -0.2) is 4.98 Å². The predicted molar refractivity (Wildman–Crippen MR) is 84.4 cm³/mol. The molecular weight excluding hydrogens is 272 g/mol. The van der Waals surface area contributed by atoms with Crippen LogP contribution in [0, 0.1) is 5.92 Å². The van der Waals surface area contributed by atoms with Crippen LogP contribution in [0.2, 0.25) is 0 Å². The van der Waals surface area contributed by atoms with Crippen molar-refractivity contribution in [2.45, 2.75) is 38.5 Å². The molecule has 0 spiro atoms. The number of anilines is 2. The number of rotatable bonds is 5. The minimum Gasteiger partial charge on any atom is -0.382 e. The van der Waals surface area contributed by atoms with Gasteiger partial charge in [-0.15, -0.1) is 0 Å². The summed E-state index contributed by atoms with van der Waals surface area (Å²) >= 11 is 1.34. The van der Waals surface area contributed by atoms with E-state index in [0.29, 0.717) is 10.7 Å². The molecule has 0 unspecified atom stereocenters. The van der Waals surface area contributed by atoms with Crippen molar-refractivity contribution in [2.24, 2.45) is 5.92 Å². The number of nitrogens with two attached hydrogens (primary N) is 1. The molecule has 20 heavy (non-hydrogen) atoms. The summed E-state index contributed by atoms with van der Waals surface area (Å²) in [6.07, 6.45) is 7.74. The Morgan fingerprint density at radius 1 is 1.40 bits per heavy atom. The fourth-order valence-corrected chi connectivity index (χ4v) is 3.44. The van der Waals surface area contributed by atoms with Crippen molar-refractivity contribution in [3.63, 3.8) is 0 Å². The minimum absolute atomic E-state index is 0.0936. The zero-order valence-corrected chi connectivity index (χ0v) is 13.1. The van der Waals surface area contributed by atoms with Crippen LogP contribution >= 0.6 is 11.3 Å². The van der Waals surface area contributed by atoms with E-state index in [2.05, 4.69) is 10.3 Å². The molecule has 0 aromatic carbocycles. The second kappa shape index (κ2) is 6.92. The van der Waals surface area contributed by atoms with Crippen LogP contribution in [0.3, 0.4) is 0 Å². The van der Waals surface area contributed by atoms with E-state index in [1.165, 1.54) is 43.4 Å². The molecule has 112 valence electrons. The lowest BCUT2D eigenvalue weighted by atomic mass is 9.87. The van der Waals surface area contributed by atoms with Crippen molar-refractivity contribution in [1.29, 1.82) is 0 Å². The third-order valence-corrected chi connectivity index (χ3v) is 5.03. The van der Waals surface area contributed by atoms with E-state index in [0.717, 1.165) is 24.0 Å². The van der Waals surface area contributed by atoms with Gasteiger partial charge in [0.25, 0.3) is 5.91 Å². The largest absolute Gasteiger partial charge is 0.382 e. The fraction of sp³-hybridized carbons (Fsp3) is 0.714. The lowest BCUT2D eigenvalue weighted by Gasteiger charge is -2.21. The molecule has 0 atom stereocenters. The van der Waals surface area contributed by atoms with E-state index >= 15 is 0 Å². The quantitative estimate of drug-likeness (QED) is 0.875. The normalized spacial score (nSPS) is 16.1. The summed E-state index contributed by atoms with van der Waals surface area (Å²) in [5.74, 6) is 1.01. The van der Waals surface area contributed by atoms with Crippen molar-refractivity contribution in [2.75, 3.05) is 31.3 Å². The average Bonchev–Trinajstić information content (AvgIpc) is 2.82. The molecule has 1 aliphatic rings. The molecule has 0 bridgehead atoms. The fourth-order valence-electron chi connectivity index (χ4n) is 2.62. The molecule has 0 saturated heterocycles. The number of nitrogens with zero attached hydrogens (tertiary/aromatic N) is 2. The molecular formula is C14H24N4OS. The number of hydrogen-bond acceptors (Lipinski definition) is 5. The predicted octanol–water partition coefficient (Wildman–Crippen LogP) is 2.49. The smallest absolute Gasteiger partial charge is 0.265 e. The zero-order chi connectivity index (χ0) is 14.5. The molecule has 1 aromatic rings. The van der Waals surface area contributed by atoms with E-state index in [1.807, 2.05) is 19.0 Å². The lowest BCUT2D eigenvalue weighted by Crippen LogP contribution is -2.26. The first-order valence-corrected chi connectivity index (χ1v) is 8.11. The Morgan fingerprint density at radius 2 is 2.10 bits per heavy atom. The SMILES string of the molecule is CN(C)c1nc(N)c(C(=O)NCCC2CCCCC2)s1. The van der Waals surface area contributed by atoms with Crippen LogP contribution in [-0.4, -0.2) is 31.5 Å². The molecule has 1 amide bonds. The number of carbonyl (C=O) groups excluding carboxylic acids is 1. The summed E-state index contributed by atoms with van der Waals surface area (Å²) in [5.41, 5.74) is 5.81. The third-order valence-electron chi connectivity index (χ3n) is 3.79. The van der Waals surface area contributed by atoms with Crippen molar-refractivity contribution in [3.05, 3.63) is 4.88 Å². The Balaban J connectivity index is 1.82. The Morgan fingerprint density at radius 3 is 2.70 bits per heavy atom. The number of hydrogen-bond donors (Lipinski definition) is 2. The van der Waals surface area contributed by atoms with Crippen LogP contribution < -0.4 is 16.0 Å². The first-order chi connectivity index (χ1) is 9.58. The summed E-state index contributed by atoms with van der Waals surface area (Å²) in [6, 6.07) is 0.